The van der Waals surface area contributed by atoms with Gasteiger partial charge in [0.15, 0.2) is 6.10 Å². The molecule has 0 saturated carbocycles. The average molecular weight is 909 g/mol. The van der Waals surface area contributed by atoms with Gasteiger partial charge < -0.3 is 14.2 Å². The molecule has 0 aliphatic carbocycles. The molecule has 0 heterocycles. The molecule has 0 radical (unpaired) electrons. The Kier molecular flexibility index (Phi) is 51.3. The third kappa shape index (κ3) is 51.9. The van der Waals surface area contributed by atoms with E-state index in [1.54, 1.807) is 0 Å². The van der Waals surface area contributed by atoms with Gasteiger partial charge in [-0.1, -0.05) is 223 Å². The molecule has 0 N–H and O–H groups in total. The van der Waals surface area contributed by atoms with Crippen molar-refractivity contribution in [2.24, 2.45) is 0 Å². The molecule has 65 heavy (non-hydrogen) atoms. The fourth-order valence-corrected chi connectivity index (χ4v) is 7.79. The average Bonchev–Trinajstić information content (AvgIpc) is 3.30. The van der Waals surface area contributed by atoms with Crippen molar-refractivity contribution >= 4 is 17.9 Å². The van der Waals surface area contributed by atoms with Crippen LogP contribution in [0.2, 0.25) is 0 Å². The molecule has 0 aromatic rings. The van der Waals surface area contributed by atoms with E-state index in [0.717, 1.165) is 89.9 Å². The first kappa shape index (κ1) is 62.1. The molecule has 0 rings (SSSR count). The molecule has 1 unspecified atom stereocenters. The standard InChI is InChI=1S/C59H104O6/c1-4-7-10-13-16-19-22-24-25-26-27-28-29-30-31-32-33-35-37-40-43-46-49-52-58(61)64-55-56(54-63-57(60)51-48-45-42-39-36-21-18-15-12-9-6-3)65-59(62)53-50-47-44-41-38-34-23-20-17-14-11-8-5-2/h8,11,15,17-18,20,26-27,34,38,56H,4-7,9-10,12-14,16,19,21-25,28-33,35-37,39-55H2,1-3H3/b11-8-,18-15-,20-17-,27-26-,38-34-. The number of rotatable bonds is 50. The zero-order valence-electron chi connectivity index (χ0n) is 43.0. The van der Waals surface area contributed by atoms with Gasteiger partial charge in [-0.25, -0.2) is 0 Å². The van der Waals surface area contributed by atoms with Gasteiger partial charge in [-0.2, -0.15) is 0 Å². The van der Waals surface area contributed by atoms with Gasteiger partial charge in [0, 0.05) is 19.3 Å². The molecule has 0 spiro atoms. The Bertz CT molecular complexity index is 1180. The third-order valence-electron chi connectivity index (χ3n) is 12.0. The van der Waals surface area contributed by atoms with Crippen LogP contribution in [0.1, 0.15) is 278 Å². The zero-order chi connectivity index (χ0) is 47.2. The van der Waals surface area contributed by atoms with Crippen molar-refractivity contribution in [2.75, 3.05) is 13.2 Å². The number of carbonyl (C=O) groups is 3. The number of esters is 3. The summed E-state index contributed by atoms with van der Waals surface area (Å²) in [6.07, 6.45) is 66.5. The quantitative estimate of drug-likeness (QED) is 0.0262. The molecule has 0 amide bonds. The predicted molar refractivity (Wildman–Crippen MR) is 279 cm³/mol. The van der Waals surface area contributed by atoms with Crippen molar-refractivity contribution in [3.8, 4) is 0 Å². The maximum Gasteiger partial charge on any atom is 0.306 e. The molecule has 6 nitrogen and oxygen atoms in total. The minimum Gasteiger partial charge on any atom is -0.462 e. The largest absolute Gasteiger partial charge is 0.462 e. The van der Waals surface area contributed by atoms with Crippen LogP contribution >= 0.6 is 0 Å². The van der Waals surface area contributed by atoms with E-state index >= 15 is 0 Å². The number of hydrogen-bond acceptors (Lipinski definition) is 6. The lowest BCUT2D eigenvalue weighted by molar-refractivity contribution is -0.167. The molecule has 0 fully saturated rings. The van der Waals surface area contributed by atoms with Gasteiger partial charge in [-0.15, -0.1) is 0 Å². The zero-order valence-corrected chi connectivity index (χ0v) is 43.0. The molecule has 0 aliphatic rings. The van der Waals surface area contributed by atoms with Crippen LogP contribution in [0.5, 0.6) is 0 Å². The Morgan fingerprint density at radius 3 is 1.02 bits per heavy atom. The lowest BCUT2D eigenvalue weighted by Crippen LogP contribution is -2.30. The SMILES string of the molecule is CC/C=C\C/C=C\C/C=C\CCCCCC(=O)OC(COC(=O)CCCCCCC/C=C\CCCC)COC(=O)CCCCCCCCCCCCC/C=C\CCCCCCCCCC. The summed E-state index contributed by atoms with van der Waals surface area (Å²) >= 11 is 0. The molecule has 0 bridgehead atoms. The van der Waals surface area contributed by atoms with Gasteiger partial charge in [0.05, 0.1) is 0 Å². The van der Waals surface area contributed by atoms with Gasteiger partial charge in [-0.3, -0.25) is 14.4 Å². The van der Waals surface area contributed by atoms with Gasteiger partial charge in [0.25, 0.3) is 0 Å². The highest BCUT2D eigenvalue weighted by Gasteiger charge is 2.19. The second kappa shape index (κ2) is 53.7. The van der Waals surface area contributed by atoms with Crippen LogP contribution in [0.15, 0.2) is 60.8 Å². The van der Waals surface area contributed by atoms with E-state index in [9.17, 15) is 14.4 Å². The van der Waals surface area contributed by atoms with Crippen LogP contribution in [0.25, 0.3) is 0 Å². The van der Waals surface area contributed by atoms with Crippen molar-refractivity contribution in [1.29, 1.82) is 0 Å². The predicted octanol–water partition coefficient (Wildman–Crippen LogP) is 18.4. The highest BCUT2D eigenvalue weighted by Crippen LogP contribution is 2.15. The van der Waals surface area contributed by atoms with Crippen LogP contribution in [-0.4, -0.2) is 37.2 Å². The molecule has 1 atom stereocenters. The summed E-state index contributed by atoms with van der Waals surface area (Å²) in [6, 6.07) is 0. The van der Waals surface area contributed by atoms with Crippen molar-refractivity contribution in [3.05, 3.63) is 60.8 Å². The summed E-state index contributed by atoms with van der Waals surface area (Å²) in [5.41, 5.74) is 0. The number of unbranched alkanes of at least 4 members (excludes halogenated alkanes) is 29. The summed E-state index contributed by atoms with van der Waals surface area (Å²) in [6.45, 7) is 6.47. The molecular formula is C59H104O6. The van der Waals surface area contributed by atoms with E-state index in [0.29, 0.717) is 19.3 Å². The van der Waals surface area contributed by atoms with Gasteiger partial charge in [0.2, 0.25) is 0 Å². The van der Waals surface area contributed by atoms with Crippen molar-refractivity contribution in [2.45, 2.75) is 284 Å². The van der Waals surface area contributed by atoms with Crippen molar-refractivity contribution in [1.82, 2.24) is 0 Å². The molecule has 6 heteroatoms. The molecular weight excluding hydrogens is 805 g/mol. The van der Waals surface area contributed by atoms with Crippen LogP contribution < -0.4 is 0 Å². The summed E-state index contributed by atoms with van der Waals surface area (Å²) in [5.74, 6) is -0.923. The van der Waals surface area contributed by atoms with Gasteiger partial charge >= 0.3 is 17.9 Å². The fourth-order valence-electron chi connectivity index (χ4n) is 7.79. The smallest absolute Gasteiger partial charge is 0.306 e. The first-order valence-electron chi connectivity index (χ1n) is 27.8. The van der Waals surface area contributed by atoms with E-state index in [4.69, 9.17) is 14.2 Å². The Morgan fingerprint density at radius 1 is 0.323 bits per heavy atom. The lowest BCUT2D eigenvalue weighted by atomic mass is 10.0. The lowest BCUT2D eigenvalue weighted by Gasteiger charge is -2.18. The number of ether oxygens (including phenoxy) is 3. The van der Waals surface area contributed by atoms with E-state index < -0.39 is 6.10 Å². The topological polar surface area (TPSA) is 78.9 Å². The molecule has 0 aromatic carbocycles. The Morgan fingerprint density at radius 2 is 0.615 bits per heavy atom. The molecule has 0 aliphatic heterocycles. The summed E-state index contributed by atoms with van der Waals surface area (Å²) < 4.78 is 16.8. The second-order valence-corrected chi connectivity index (χ2v) is 18.5. The monoisotopic (exact) mass is 909 g/mol. The summed E-state index contributed by atoms with van der Waals surface area (Å²) in [5, 5.41) is 0. The van der Waals surface area contributed by atoms with Crippen LogP contribution in [0.3, 0.4) is 0 Å². The summed E-state index contributed by atoms with van der Waals surface area (Å²) in [7, 11) is 0. The maximum absolute atomic E-state index is 12.8. The van der Waals surface area contributed by atoms with Crippen molar-refractivity contribution in [3.63, 3.8) is 0 Å². The van der Waals surface area contributed by atoms with Crippen molar-refractivity contribution < 1.29 is 28.6 Å². The number of allylic oxidation sites excluding steroid dienone is 10. The number of hydrogen-bond donors (Lipinski definition) is 0. The van der Waals surface area contributed by atoms with Gasteiger partial charge in [-0.05, 0) is 96.3 Å². The fraction of sp³-hybridized carbons (Fsp3) is 0.780. The Labute approximate surface area is 402 Å². The van der Waals surface area contributed by atoms with E-state index in [1.165, 1.54) is 148 Å². The van der Waals surface area contributed by atoms with E-state index in [2.05, 4.69) is 81.5 Å². The maximum atomic E-state index is 12.8. The highest BCUT2D eigenvalue weighted by atomic mass is 16.6. The third-order valence-corrected chi connectivity index (χ3v) is 12.0. The number of carbonyl (C=O) groups excluding carboxylic acids is 3. The van der Waals surface area contributed by atoms with Gasteiger partial charge in [0.1, 0.15) is 13.2 Å². The normalized spacial score (nSPS) is 12.5. The molecule has 0 saturated heterocycles. The van der Waals surface area contributed by atoms with E-state index in [-0.39, 0.29) is 31.1 Å². The second-order valence-electron chi connectivity index (χ2n) is 18.5. The van der Waals surface area contributed by atoms with E-state index in [1.807, 2.05) is 0 Å². The van der Waals surface area contributed by atoms with Crippen LogP contribution in [0, 0.1) is 0 Å². The Hall–Kier alpha value is -2.89. The highest BCUT2D eigenvalue weighted by molar-refractivity contribution is 5.71. The first-order chi connectivity index (χ1) is 32.0. The molecule has 0 aromatic heterocycles. The van der Waals surface area contributed by atoms with Crippen LogP contribution in [-0.2, 0) is 28.6 Å². The Balaban J connectivity index is 4.27. The minimum absolute atomic E-state index is 0.0884. The first-order valence-corrected chi connectivity index (χ1v) is 27.8. The molecule has 376 valence electrons. The van der Waals surface area contributed by atoms with Crippen LogP contribution in [0.4, 0.5) is 0 Å². The summed E-state index contributed by atoms with van der Waals surface area (Å²) in [4.78, 5) is 38.0. The minimum atomic E-state index is -0.791.